The van der Waals surface area contributed by atoms with Crippen molar-refractivity contribution in [3.63, 3.8) is 0 Å². The molecule has 28 heavy (non-hydrogen) atoms. The van der Waals surface area contributed by atoms with Crippen LogP contribution in [0.2, 0.25) is 0 Å². The first-order chi connectivity index (χ1) is 13.6. The van der Waals surface area contributed by atoms with Crippen LogP contribution in [0.3, 0.4) is 0 Å². The lowest BCUT2D eigenvalue weighted by Gasteiger charge is -2.18. The molecule has 1 heterocycles. The lowest BCUT2D eigenvalue weighted by atomic mass is 10.1. The number of hydrogen-bond donors (Lipinski definition) is 1. The monoisotopic (exact) mass is 399 g/mol. The van der Waals surface area contributed by atoms with Gasteiger partial charge >= 0.3 is 5.97 Å². The van der Waals surface area contributed by atoms with E-state index in [1.54, 1.807) is 0 Å². The van der Waals surface area contributed by atoms with E-state index in [2.05, 4.69) is 5.32 Å². The average Bonchev–Trinajstić information content (AvgIpc) is 3.25. The first-order valence-corrected chi connectivity index (χ1v) is 9.35. The molecule has 5 nitrogen and oxygen atoms in total. The normalized spacial score (nSPS) is 11.5. The molecule has 3 aromatic rings. The van der Waals surface area contributed by atoms with Crippen molar-refractivity contribution >= 4 is 23.2 Å². The minimum absolute atomic E-state index is 0.00367. The number of carbonyl (C=O) groups excluding carboxylic acids is 2. The molecule has 0 saturated carbocycles. The number of benzene rings is 2. The third-order valence-corrected chi connectivity index (χ3v) is 4.92. The Labute approximate surface area is 165 Å². The van der Waals surface area contributed by atoms with E-state index in [4.69, 9.17) is 9.47 Å². The van der Waals surface area contributed by atoms with Gasteiger partial charge in [-0.05, 0) is 35.2 Å². The Hall–Kier alpha value is -3.19. The molecule has 3 rings (SSSR count). The topological polar surface area (TPSA) is 64.6 Å². The van der Waals surface area contributed by atoms with Crippen LogP contribution in [0.1, 0.15) is 26.8 Å². The molecule has 0 spiro atoms. The summed E-state index contributed by atoms with van der Waals surface area (Å²) in [4.78, 5) is 25.4. The van der Waals surface area contributed by atoms with Gasteiger partial charge in [-0.25, -0.2) is 9.18 Å². The van der Waals surface area contributed by atoms with E-state index in [9.17, 15) is 14.0 Å². The van der Waals surface area contributed by atoms with Crippen molar-refractivity contribution in [1.82, 2.24) is 5.32 Å². The number of hydrogen-bond acceptors (Lipinski definition) is 5. The number of thiophene rings is 1. The summed E-state index contributed by atoms with van der Waals surface area (Å²) < 4.78 is 23.5. The summed E-state index contributed by atoms with van der Waals surface area (Å²) in [6, 6.07) is 16.7. The van der Waals surface area contributed by atoms with Gasteiger partial charge < -0.3 is 14.8 Å². The maximum atomic E-state index is 13.7. The van der Waals surface area contributed by atoms with E-state index >= 15 is 0 Å². The Kier molecular flexibility index (Phi) is 6.39. The molecule has 1 N–H and O–H groups in total. The van der Waals surface area contributed by atoms with Crippen molar-refractivity contribution in [2.75, 3.05) is 13.7 Å². The van der Waals surface area contributed by atoms with Crippen LogP contribution in [-0.4, -0.2) is 25.6 Å². The minimum atomic E-state index is -0.788. The zero-order valence-corrected chi connectivity index (χ0v) is 15.9. The fourth-order valence-corrected chi connectivity index (χ4v) is 3.43. The van der Waals surface area contributed by atoms with Crippen molar-refractivity contribution in [1.29, 1.82) is 0 Å². The molecule has 1 aromatic heterocycles. The summed E-state index contributed by atoms with van der Waals surface area (Å²) in [7, 11) is 1.33. The molecule has 144 valence electrons. The van der Waals surface area contributed by atoms with Crippen LogP contribution in [0.15, 0.2) is 66.0 Å². The lowest BCUT2D eigenvalue weighted by Crippen LogP contribution is -2.32. The number of methoxy groups -OCH3 is 1. The third-order valence-electron chi connectivity index (χ3n) is 3.99. The second-order valence-electron chi connectivity index (χ2n) is 5.85. The molecule has 7 heteroatoms. The lowest BCUT2D eigenvalue weighted by molar-refractivity contribution is -0.124. The highest BCUT2D eigenvalue weighted by Gasteiger charge is 2.19. The van der Waals surface area contributed by atoms with Gasteiger partial charge in [0.05, 0.1) is 18.7 Å². The molecule has 0 aliphatic carbocycles. The number of esters is 1. The second kappa shape index (κ2) is 9.14. The number of rotatable bonds is 7. The molecular formula is C21H18FNO4S. The Morgan fingerprint density at radius 2 is 1.89 bits per heavy atom. The van der Waals surface area contributed by atoms with Gasteiger partial charge in [0.15, 0.2) is 18.2 Å². The van der Waals surface area contributed by atoms with Crippen LogP contribution >= 0.6 is 11.3 Å². The minimum Gasteiger partial charge on any atom is -0.494 e. The van der Waals surface area contributed by atoms with E-state index in [1.165, 1.54) is 30.6 Å². The SMILES string of the molecule is COc1ccc(C(=O)OCC(=O)N[C@@H](c2ccccc2)c2cccs2)cc1F. The summed E-state index contributed by atoms with van der Waals surface area (Å²) in [6.07, 6.45) is 0. The highest BCUT2D eigenvalue weighted by molar-refractivity contribution is 7.10. The van der Waals surface area contributed by atoms with Gasteiger partial charge in [-0.2, -0.15) is 0 Å². The maximum absolute atomic E-state index is 13.7. The highest BCUT2D eigenvalue weighted by atomic mass is 32.1. The molecule has 0 radical (unpaired) electrons. The van der Waals surface area contributed by atoms with Crippen molar-refractivity contribution in [2.24, 2.45) is 0 Å². The van der Waals surface area contributed by atoms with E-state index in [0.717, 1.165) is 16.5 Å². The van der Waals surface area contributed by atoms with Crippen LogP contribution in [0.5, 0.6) is 5.75 Å². The molecule has 0 fully saturated rings. The predicted molar refractivity (Wildman–Crippen MR) is 104 cm³/mol. The van der Waals surface area contributed by atoms with Gasteiger partial charge in [-0.15, -0.1) is 11.3 Å². The van der Waals surface area contributed by atoms with Gasteiger partial charge in [0, 0.05) is 4.88 Å². The Balaban J connectivity index is 1.63. The number of carbonyl (C=O) groups is 2. The summed E-state index contributed by atoms with van der Waals surface area (Å²) in [6.45, 7) is -0.471. The molecule has 0 unspecified atom stereocenters. The van der Waals surface area contributed by atoms with Crippen LogP contribution in [0.25, 0.3) is 0 Å². The first-order valence-electron chi connectivity index (χ1n) is 8.47. The Morgan fingerprint density at radius 1 is 1.11 bits per heavy atom. The van der Waals surface area contributed by atoms with Gasteiger partial charge in [-0.1, -0.05) is 36.4 Å². The Morgan fingerprint density at radius 3 is 2.54 bits per heavy atom. The van der Waals surface area contributed by atoms with E-state index in [0.29, 0.717) is 0 Å². The van der Waals surface area contributed by atoms with Crippen molar-refractivity contribution < 1.29 is 23.5 Å². The smallest absolute Gasteiger partial charge is 0.338 e. The summed E-state index contributed by atoms with van der Waals surface area (Å²) >= 11 is 1.52. The van der Waals surface area contributed by atoms with Gasteiger partial charge in [-0.3, -0.25) is 4.79 Å². The van der Waals surface area contributed by atoms with Crippen LogP contribution in [0.4, 0.5) is 4.39 Å². The largest absolute Gasteiger partial charge is 0.494 e. The quantitative estimate of drug-likeness (QED) is 0.611. The third kappa shape index (κ3) is 4.75. The molecule has 0 bridgehead atoms. The molecule has 1 amide bonds. The van der Waals surface area contributed by atoms with Crippen LogP contribution in [-0.2, 0) is 9.53 Å². The molecule has 2 aromatic carbocycles. The number of halogens is 1. The summed E-state index contributed by atoms with van der Waals surface area (Å²) in [5, 5.41) is 4.80. The van der Waals surface area contributed by atoms with E-state index in [-0.39, 0.29) is 17.4 Å². The average molecular weight is 399 g/mol. The molecule has 1 atom stereocenters. The zero-order valence-electron chi connectivity index (χ0n) is 15.1. The number of ether oxygens (including phenoxy) is 2. The highest BCUT2D eigenvalue weighted by Crippen LogP contribution is 2.25. The van der Waals surface area contributed by atoms with Crippen LogP contribution in [0, 0.1) is 5.82 Å². The van der Waals surface area contributed by atoms with Gasteiger partial charge in [0.2, 0.25) is 0 Å². The van der Waals surface area contributed by atoms with Gasteiger partial charge in [0.25, 0.3) is 5.91 Å². The molecule has 0 aliphatic rings. The summed E-state index contributed by atoms with van der Waals surface area (Å²) in [5.41, 5.74) is 0.922. The maximum Gasteiger partial charge on any atom is 0.338 e. The Bertz CT molecular complexity index is 944. The number of amides is 1. The summed E-state index contributed by atoms with van der Waals surface area (Å²) in [5.74, 6) is -1.90. The van der Waals surface area contributed by atoms with Crippen molar-refractivity contribution in [2.45, 2.75) is 6.04 Å². The first kappa shape index (κ1) is 19.6. The fourth-order valence-electron chi connectivity index (χ4n) is 2.63. The second-order valence-corrected chi connectivity index (χ2v) is 6.83. The van der Waals surface area contributed by atoms with Crippen molar-refractivity contribution in [3.8, 4) is 5.75 Å². The molecule has 0 aliphatic heterocycles. The number of nitrogens with one attached hydrogen (secondary N) is 1. The predicted octanol–water partition coefficient (Wildman–Crippen LogP) is 3.96. The zero-order chi connectivity index (χ0) is 19.9. The van der Waals surface area contributed by atoms with Crippen molar-refractivity contribution in [3.05, 3.63) is 87.9 Å². The molecule has 0 saturated heterocycles. The fraction of sp³-hybridized carbons (Fsp3) is 0.143. The molecular weight excluding hydrogens is 381 g/mol. The van der Waals surface area contributed by atoms with Crippen LogP contribution < -0.4 is 10.1 Å². The van der Waals surface area contributed by atoms with E-state index in [1.807, 2.05) is 47.8 Å². The van der Waals surface area contributed by atoms with Gasteiger partial charge in [0.1, 0.15) is 0 Å². The van der Waals surface area contributed by atoms with E-state index < -0.39 is 24.3 Å². The standard InChI is InChI=1S/C21H18FNO4S/c1-26-17-10-9-15(12-16(17)22)21(25)27-13-19(24)23-20(18-8-5-11-28-18)14-6-3-2-4-7-14/h2-12,20H,13H2,1H3,(H,23,24)/t20-/m0/s1.